The Hall–Kier alpha value is -0.430. The van der Waals surface area contributed by atoms with Crippen molar-refractivity contribution in [1.82, 2.24) is 10.2 Å². The SMILES string of the molecule is CCNC(=NCCCCSC)N(C)Cc1ccccc1C.I. The van der Waals surface area contributed by atoms with Gasteiger partial charge in [0.2, 0.25) is 0 Å². The lowest BCUT2D eigenvalue weighted by Crippen LogP contribution is -2.38. The van der Waals surface area contributed by atoms with Crippen molar-refractivity contribution in [2.45, 2.75) is 33.2 Å². The molecule has 0 atom stereocenters. The third kappa shape index (κ3) is 8.27. The molecular formula is C17H30IN3S. The van der Waals surface area contributed by atoms with Crippen molar-refractivity contribution in [1.29, 1.82) is 0 Å². The van der Waals surface area contributed by atoms with Gasteiger partial charge >= 0.3 is 0 Å². The fourth-order valence-corrected chi connectivity index (χ4v) is 2.62. The average Bonchev–Trinajstić information content (AvgIpc) is 2.48. The lowest BCUT2D eigenvalue weighted by molar-refractivity contribution is 0.475. The van der Waals surface area contributed by atoms with Gasteiger partial charge < -0.3 is 10.2 Å². The van der Waals surface area contributed by atoms with E-state index in [-0.39, 0.29) is 24.0 Å². The van der Waals surface area contributed by atoms with Crippen molar-refractivity contribution in [3.63, 3.8) is 0 Å². The highest BCUT2D eigenvalue weighted by Gasteiger charge is 2.07. The summed E-state index contributed by atoms with van der Waals surface area (Å²) in [5, 5.41) is 3.38. The van der Waals surface area contributed by atoms with Gasteiger partial charge in [-0.15, -0.1) is 24.0 Å². The number of thioether (sulfide) groups is 1. The Morgan fingerprint density at radius 1 is 1.27 bits per heavy atom. The van der Waals surface area contributed by atoms with Crippen LogP contribution in [0.4, 0.5) is 0 Å². The van der Waals surface area contributed by atoms with Crippen LogP contribution in [0, 0.1) is 6.92 Å². The summed E-state index contributed by atoms with van der Waals surface area (Å²) < 4.78 is 0. The van der Waals surface area contributed by atoms with Crippen LogP contribution in [-0.2, 0) is 6.54 Å². The van der Waals surface area contributed by atoms with Gasteiger partial charge in [0.1, 0.15) is 0 Å². The molecule has 0 aliphatic carbocycles. The number of nitrogens with zero attached hydrogens (tertiary/aromatic N) is 2. The highest BCUT2D eigenvalue weighted by atomic mass is 127. The van der Waals surface area contributed by atoms with Crippen LogP contribution in [0.15, 0.2) is 29.3 Å². The maximum Gasteiger partial charge on any atom is 0.193 e. The van der Waals surface area contributed by atoms with Crippen LogP contribution in [0.1, 0.15) is 30.9 Å². The summed E-state index contributed by atoms with van der Waals surface area (Å²) in [4.78, 5) is 6.94. The standard InChI is InChI=1S/C17H29N3S.HI/c1-5-18-17(19-12-8-9-13-21-4)20(3)14-16-11-7-6-10-15(16)2;/h6-7,10-11H,5,8-9,12-14H2,1-4H3,(H,18,19);1H. The van der Waals surface area contributed by atoms with E-state index in [4.69, 9.17) is 4.99 Å². The van der Waals surface area contributed by atoms with Crippen LogP contribution in [0.3, 0.4) is 0 Å². The van der Waals surface area contributed by atoms with E-state index in [0.717, 1.165) is 32.0 Å². The average molecular weight is 435 g/mol. The van der Waals surface area contributed by atoms with E-state index in [1.165, 1.54) is 23.3 Å². The molecule has 0 bridgehead atoms. The molecule has 0 aliphatic rings. The molecule has 1 N–H and O–H groups in total. The molecule has 1 aromatic carbocycles. The van der Waals surface area contributed by atoms with Gasteiger partial charge in [-0.3, -0.25) is 4.99 Å². The summed E-state index contributed by atoms with van der Waals surface area (Å²) in [6.07, 6.45) is 4.56. The Morgan fingerprint density at radius 3 is 2.64 bits per heavy atom. The number of unbranched alkanes of at least 4 members (excludes halogenated alkanes) is 1. The monoisotopic (exact) mass is 435 g/mol. The van der Waals surface area contributed by atoms with Gasteiger partial charge in [0.05, 0.1) is 0 Å². The van der Waals surface area contributed by atoms with E-state index in [1.807, 2.05) is 11.8 Å². The second-order valence-electron chi connectivity index (χ2n) is 5.22. The van der Waals surface area contributed by atoms with E-state index in [1.54, 1.807) is 0 Å². The summed E-state index contributed by atoms with van der Waals surface area (Å²) >= 11 is 1.91. The van der Waals surface area contributed by atoms with Crippen LogP contribution in [0.2, 0.25) is 0 Å². The molecule has 0 radical (unpaired) electrons. The van der Waals surface area contributed by atoms with Crippen molar-refractivity contribution >= 4 is 41.7 Å². The summed E-state index contributed by atoms with van der Waals surface area (Å²) in [7, 11) is 2.11. The number of rotatable bonds is 8. The first-order chi connectivity index (χ1) is 10.2. The van der Waals surface area contributed by atoms with Crippen molar-refractivity contribution in [2.24, 2.45) is 4.99 Å². The molecule has 0 saturated carbocycles. The third-order valence-corrected chi connectivity index (χ3v) is 4.08. The van der Waals surface area contributed by atoms with Gasteiger partial charge in [0, 0.05) is 26.7 Å². The number of nitrogens with one attached hydrogen (secondary N) is 1. The first-order valence-electron chi connectivity index (χ1n) is 7.72. The van der Waals surface area contributed by atoms with Crippen LogP contribution in [-0.4, -0.2) is 43.0 Å². The van der Waals surface area contributed by atoms with Gasteiger partial charge in [-0.2, -0.15) is 11.8 Å². The number of benzene rings is 1. The van der Waals surface area contributed by atoms with E-state index in [9.17, 15) is 0 Å². The van der Waals surface area contributed by atoms with Gasteiger partial charge in [-0.25, -0.2) is 0 Å². The van der Waals surface area contributed by atoms with Gasteiger partial charge in [-0.1, -0.05) is 24.3 Å². The van der Waals surface area contributed by atoms with Crippen LogP contribution < -0.4 is 5.32 Å². The molecule has 1 aromatic rings. The minimum absolute atomic E-state index is 0. The minimum atomic E-state index is 0. The molecule has 0 amide bonds. The smallest absolute Gasteiger partial charge is 0.193 e. The van der Waals surface area contributed by atoms with E-state index in [0.29, 0.717) is 0 Å². The third-order valence-electron chi connectivity index (χ3n) is 3.38. The maximum atomic E-state index is 4.73. The van der Waals surface area contributed by atoms with E-state index < -0.39 is 0 Å². The number of aryl methyl sites for hydroxylation is 1. The van der Waals surface area contributed by atoms with E-state index >= 15 is 0 Å². The van der Waals surface area contributed by atoms with Crippen molar-refractivity contribution in [2.75, 3.05) is 32.1 Å². The molecule has 1 rings (SSSR count). The Kier molecular flexibility index (Phi) is 12.8. The fraction of sp³-hybridized carbons (Fsp3) is 0.588. The summed E-state index contributed by atoms with van der Waals surface area (Å²) in [5.74, 6) is 2.23. The minimum Gasteiger partial charge on any atom is -0.357 e. The summed E-state index contributed by atoms with van der Waals surface area (Å²) in [6.45, 7) is 6.98. The Labute approximate surface area is 157 Å². The molecule has 126 valence electrons. The van der Waals surface area contributed by atoms with Gasteiger partial charge in [0.15, 0.2) is 5.96 Å². The predicted molar refractivity (Wildman–Crippen MR) is 112 cm³/mol. The molecule has 0 unspecified atom stereocenters. The van der Waals surface area contributed by atoms with Crippen molar-refractivity contribution < 1.29 is 0 Å². The van der Waals surface area contributed by atoms with E-state index in [2.05, 4.69) is 61.6 Å². The Morgan fingerprint density at radius 2 is 2.00 bits per heavy atom. The lowest BCUT2D eigenvalue weighted by Gasteiger charge is -2.23. The highest BCUT2D eigenvalue weighted by Crippen LogP contribution is 2.09. The normalized spacial score (nSPS) is 11.0. The van der Waals surface area contributed by atoms with Crippen molar-refractivity contribution in [3.05, 3.63) is 35.4 Å². The highest BCUT2D eigenvalue weighted by molar-refractivity contribution is 14.0. The van der Waals surface area contributed by atoms with Crippen LogP contribution in [0.25, 0.3) is 0 Å². The second-order valence-corrected chi connectivity index (χ2v) is 6.20. The first kappa shape index (κ1) is 21.6. The lowest BCUT2D eigenvalue weighted by atomic mass is 10.1. The molecule has 0 heterocycles. The Bertz CT molecular complexity index is 438. The molecule has 0 fully saturated rings. The molecule has 3 nitrogen and oxygen atoms in total. The zero-order valence-electron chi connectivity index (χ0n) is 14.3. The molecule has 0 aliphatic heterocycles. The largest absolute Gasteiger partial charge is 0.357 e. The summed E-state index contributed by atoms with van der Waals surface area (Å²) in [6, 6.07) is 8.54. The molecule has 0 spiro atoms. The zero-order chi connectivity index (χ0) is 15.5. The number of halogens is 1. The van der Waals surface area contributed by atoms with Gasteiger partial charge in [-0.05, 0) is 49.8 Å². The second kappa shape index (κ2) is 13.0. The predicted octanol–water partition coefficient (Wildman–Crippen LogP) is 4.15. The van der Waals surface area contributed by atoms with Crippen LogP contribution >= 0.6 is 35.7 Å². The molecule has 5 heteroatoms. The summed E-state index contributed by atoms with van der Waals surface area (Å²) in [5.41, 5.74) is 2.69. The van der Waals surface area contributed by atoms with Crippen molar-refractivity contribution in [3.8, 4) is 0 Å². The first-order valence-corrected chi connectivity index (χ1v) is 9.11. The quantitative estimate of drug-likeness (QED) is 0.288. The molecule has 22 heavy (non-hydrogen) atoms. The maximum absolute atomic E-state index is 4.73. The molecule has 0 aromatic heterocycles. The number of aliphatic imine (C=N–C) groups is 1. The fourth-order valence-electron chi connectivity index (χ4n) is 2.13. The molecular weight excluding hydrogens is 405 g/mol. The zero-order valence-corrected chi connectivity index (χ0v) is 17.4. The topological polar surface area (TPSA) is 27.6 Å². The van der Waals surface area contributed by atoms with Gasteiger partial charge in [0.25, 0.3) is 0 Å². The van der Waals surface area contributed by atoms with Crippen LogP contribution in [0.5, 0.6) is 0 Å². The number of hydrogen-bond acceptors (Lipinski definition) is 2. The molecule has 0 saturated heterocycles. The Balaban J connectivity index is 0.00000441. The number of guanidine groups is 1. The number of hydrogen-bond donors (Lipinski definition) is 1.